The van der Waals surface area contributed by atoms with E-state index in [1.54, 1.807) is 12.1 Å². The lowest BCUT2D eigenvalue weighted by Gasteiger charge is -2.27. The fourth-order valence-corrected chi connectivity index (χ4v) is 5.51. The lowest BCUT2D eigenvalue weighted by molar-refractivity contribution is 0.0724. The molecular weight excluding hydrogens is 497 g/mol. The minimum Gasteiger partial charge on any atom is -0.456 e. The van der Waals surface area contributed by atoms with Crippen LogP contribution >= 0.6 is 0 Å². The van der Waals surface area contributed by atoms with Crippen molar-refractivity contribution in [3.8, 4) is 11.3 Å². The maximum Gasteiger partial charge on any atom is 0.253 e. The second kappa shape index (κ2) is 12.7. The van der Waals surface area contributed by atoms with Gasteiger partial charge in [0.15, 0.2) is 0 Å². The van der Waals surface area contributed by atoms with Gasteiger partial charge in [-0.25, -0.2) is 4.39 Å². The van der Waals surface area contributed by atoms with Crippen molar-refractivity contribution in [3.05, 3.63) is 94.3 Å². The van der Waals surface area contributed by atoms with E-state index in [-0.39, 0.29) is 11.7 Å². The van der Waals surface area contributed by atoms with Crippen LogP contribution in [0.2, 0.25) is 0 Å². The summed E-state index contributed by atoms with van der Waals surface area (Å²) in [5.41, 5.74) is 6.26. The third kappa shape index (κ3) is 6.22. The van der Waals surface area contributed by atoms with Gasteiger partial charge < -0.3 is 9.32 Å². The summed E-state index contributed by atoms with van der Waals surface area (Å²) in [5.74, 6) is 0.986. The average molecular weight is 538 g/mol. The van der Waals surface area contributed by atoms with Crippen LogP contribution in [0.25, 0.3) is 34.4 Å². The fraction of sp³-hybridized carbons (Fsp3) is 0.361. The van der Waals surface area contributed by atoms with Gasteiger partial charge in [0.05, 0.1) is 0 Å². The van der Waals surface area contributed by atoms with Crippen LogP contribution in [0.3, 0.4) is 0 Å². The highest BCUT2D eigenvalue weighted by Crippen LogP contribution is 2.32. The number of hydrogen-bond donors (Lipinski definition) is 0. The molecule has 1 aromatic heterocycles. The molecule has 2 heterocycles. The predicted octanol–water partition coefficient (Wildman–Crippen LogP) is 9.89. The molecule has 0 spiro atoms. The highest BCUT2D eigenvalue weighted by Gasteiger charge is 2.19. The first-order chi connectivity index (χ1) is 19.5. The van der Waals surface area contributed by atoms with Gasteiger partial charge in [0.1, 0.15) is 17.2 Å². The van der Waals surface area contributed by atoms with Gasteiger partial charge in [0, 0.05) is 35.2 Å². The Labute approximate surface area is 237 Å². The Morgan fingerprint density at radius 2 is 1.73 bits per heavy atom. The molecule has 1 unspecified atom stereocenters. The smallest absolute Gasteiger partial charge is 0.253 e. The van der Waals surface area contributed by atoms with Crippen molar-refractivity contribution >= 4 is 29.0 Å². The van der Waals surface area contributed by atoms with Crippen molar-refractivity contribution in [1.29, 1.82) is 0 Å². The van der Waals surface area contributed by atoms with E-state index in [0.717, 1.165) is 84.8 Å². The number of benzene rings is 3. The highest BCUT2D eigenvalue weighted by molar-refractivity contribution is 5.95. The number of carbonyl (C=O) groups is 1. The number of fused-ring (bicyclic) bond motifs is 1. The number of hydrogen-bond acceptors (Lipinski definition) is 2. The summed E-state index contributed by atoms with van der Waals surface area (Å²) in [6, 6.07) is 19.5. The summed E-state index contributed by atoms with van der Waals surface area (Å²) in [6.07, 6.45) is 11.2. The molecule has 4 aromatic rings. The zero-order valence-electron chi connectivity index (χ0n) is 24.0. The number of rotatable bonds is 9. The lowest BCUT2D eigenvalue weighted by Crippen LogP contribution is -2.35. The van der Waals surface area contributed by atoms with Gasteiger partial charge in [-0.3, -0.25) is 4.79 Å². The number of aryl methyl sites for hydroxylation is 1. The van der Waals surface area contributed by atoms with E-state index < -0.39 is 0 Å². The van der Waals surface area contributed by atoms with Crippen LogP contribution in [-0.2, 0) is 6.42 Å². The number of nitrogens with zero attached hydrogens (tertiary/aromatic N) is 1. The minimum atomic E-state index is -0.290. The largest absolute Gasteiger partial charge is 0.456 e. The average Bonchev–Trinajstić information content (AvgIpc) is 3.43. The molecular formula is C36H40FNO2. The Hall–Kier alpha value is -3.66. The second-order valence-electron chi connectivity index (χ2n) is 11.2. The monoisotopic (exact) mass is 537 g/mol. The summed E-state index contributed by atoms with van der Waals surface area (Å²) in [7, 11) is 0. The van der Waals surface area contributed by atoms with E-state index in [4.69, 9.17) is 4.42 Å². The fourth-order valence-electron chi connectivity index (χ4n) is 5.51. The molecule has 0 radical (unpaired) electrons. The van der Waals surface area contributed by atoms with Crippen LogP contribution in [0.4, 0.5) is 4.39 Å². The van der Waals surface area contributed by atoms with Gasteiger partial charge in [-0.05, 0) is 97.5 Å². The number of likely N-dealkylation sites (tertiary alicyclic amines) is 1. The first-order valence-corrected chi connectivity index (χ1v) is 14.9. The van der Waals surface area contributed by atoms with Gasteiger partial charge in [0.2, 0.25) is 0 Å². The maximum absolute atomic E-state index is 15.2. The third-order valence-corrected chi connectivity index (χ3v) is 8.28. The van der Waals surface area contributed by atoms with E-state index in [1.165, 1.54) is 12.0 Å². The number of carbonyl (C=O) groups excluding carboxylic acids is 1. The molecule has 208 valence electrons. The summed E-state index contributed by atoms with van der Waals surface area (Å²) in [4.78, 5) is 15.1. The number of unbranched alkanes of at least 4 members (excludes halogenated alkanes) is 1. The normalized spacial score (nSPS) is 14.8. The van der Waals surface area contributed by atoms with Crippen LogP contribution < -0.4 is 0 Å². The van der Waals surface area contributed by atoms with Gasteiger partial charge in [0.25, 0.3) is 5.91 Å². The molecule has 1 aliphatic heterocycles. The topological polar surface area (TPSA) is 33.5 Å². The first-order valence-electron chi connectivity index (χ1n) is 14.9. The molecule has 3 nitrogen and oxygen atoms in total. The molecule has 0 N–H and O–H groups in total. The summed E-state index contributed by atoms with van der Waals surface area (Å²) >= 11 is 0. The molecule has 4 heteroatoms. The van der Waals surface area contributed by atoms with Gasteiger partial charge in [-0.2, -0.15) is 0 Å². The molecule has 0 saturated carbocycles. The number of amides is 1. The summed E-state index contributed by atoms with van der Waals surface area (Å²) in [6.45, 7) is 8.26. The predicted molar refractivity (Wildman–Crippen MR) is 164 cm³/mol. The second-order valence-corrected chi connectivity index (χ2v) is 11.2. The van der Waals surface area contributed by atoms with Crippen molar-refractivity contribution in [1.82, 2.24) is 4.90 Å². The summed E-state index contributed by atoms with van der Waals surface area (Å²) in [5, 5.41) is 1.04. The SMILES string of the molecule is CCCCc1cc(C(=O)N2CCCCC2)ccc1/C=C/c1ccc(-c2cc3cc(C(C)CC)ccc3o2)cc1F. The molecule has 0 bridgehead atoms. The molecule has 1 fully saturated rings. The first kappa shape index (κ1) is 27.9. The van der Waals surface area contributed by atoms with Crippen molar-refractivity contribution in [2.75, 3.05) is 13.1 Å². The number of halogens is 1. The summed E-state index contributed by atoms with van der Waals surface area (Å²) < 4.78 is 21.3. The molecule has 5 rings (SSSR count). The number of piperidine rings is 1. The van der Waals surface area contributed by atoms with Crippen LogP contribution in [-0.4, -0.2) is 23.9 Å². The lowest BCUT2D eigenvalue weighted by atomic mass is 9.97. The van der Waals surface area contributed by atoms with E-state index >= 15 is 4.39 Å². The molecule has 40 heavy (non-hydrogen) atoms. The Morgan fingerprint density at radius 3 is 2.48 bits per heavy atom. The molecule has 1 amide bonds. The van der Waals surface area contributed by atoms with Crippen LogP contribution in [0.5, 0.6) is 0 Å². The third-order valence-electron chi connectivity index (χ3n) is 8.28. The molecule has 1 saturated heterocycles. The quantitative estimate of drug-likeness (QED) is 0.199. The standard InChI is InChI=1S/C36H40FNO2/c1-4-6-10-29-22-31(36(39)38-19-8-7-9-20-38)16-12-26(29)11-13-27-14-15-30(23-33(27)37)35-24-32-21-28(25(3)5-2)17-18-34(32)40-35/h11-18,21-25H,4-10,19-20H2,1-3H3/b13-11+. The highest BCUT2D eigenvalue weighted by atomic mass is 19.1. The van der Waals surface area contributed by atoms with E-state index in [1.807, 2.05) is 53.5 Å². The van der Waals surface area contributed by atoms with Gasteiger partial charge in [-0.1, -0.05) is 63.6 Å². The zero-order valence-corrected chi connectivity index (χ0v) is 24.0. The van der Waals surface area contributed by atoms with Crippen LogP contribution in [0, 0.1) is 5.82 Å². The van der Waals surface area contributed by atoms with Crippen LogP contribution in [0.1, 0.15) is 97.8 Å². The molecule has 3 aromatic carbocycles. The number of furan rings is 1. The molecule has 0 aliphatic carbocycles. The van der Waals surface area contributed by atoms with Crippen molar-refractivity contribution in [2.24, 2.45) is 0 Å². The van der Waals surface area contributed by atoms with Crippen molar-refractivity contribution in [2.45, 2.75) is 71.6 Å². The molecule has 1 atom stereocenters. The Kier molecular flexibility index (Phi) is 8.84. The van der Waals surface area contributed by atoms with Crippen LogP contribution in [0.15, 0.2) is 65.1 Å². The zero-order chi connectivity index (χ0) is 28.1. The Bertz CT molecular complexity index is 1510. The Morgan fingerprint density at radius 1 is 0.950 bits per heavy atom. The van der Waals surface area contributed by atoms with Gasteiger partial charge in [-0.15, -0.1) is 0 Å². The van der Waals surface area contributed by atoms with E-state index in [0.29, 0.717) is 17.2 Å². The van der Waals surface area contributed by atoms with Gasteiger partial charge >= 0.3 is 0 Å². The maximum atomic E-state index is 15.2. The van der Waals surface area contributed by atoms with Crippen molar-refractivity contribution in [3.63, 3.8) is 0 Å². The molecule has 1 aliphatic rings. The van der Waals surface area contributed by atoms with Crippen molar-refractivity contribution < 1.29 is 13.6 Å². The Balaban J connectivity index is 1.37. The van der Waals surface area contributed by atoms with E-state index in [9.17, 15) is 4.79 Å². The minimum absolute atomic E-state index is 0.122. The van der Waals surface area contributed by atoms with E-state index in [2.05, 4.69) is 32.9 Å².